The van der Waals surface area contributed by atoms with Crippen molar-refractivity contribution < 1.29 is 9.53 Å². The second-order valence-electron chi connectivity index (χ2n) is 10.1. The number of carbonyl (C=O) groups is 1. The van der Waals surface area contributed by atoms with Crippen molar-refractivity contribution in [1.29, 1.82) is 0 Å². The van der Waals surface area contributed by atoms with Crippen LogP contribution in [0, 0.1) is 0 Å². The second kappa shape index (κ2) is 11.3. The number of nitrogens with two attached hydrogens (primary N) is 1. The minimum Gasteiger partial charge on any atom is -0.385 e. The maximum Gasteiger partial charge on any atom is 0.249 e. The molecule has 4 aromatic rings. The number of pyridine rings is 1. The van der Waals surface area contributed by atoms with E-state index < -0.39 is 0 Å². The number of nitrogens with one attached hydrogen (secondary N) is 1. The number of fused-ring (bicyclic) bond motifs is 2. The number of likely N-dealkylation sites (tertiary alicyclic amines) is 1. The van der Waals surface area contributed by atoms with E-state index in [9.17, 15) is 9.59 Å². The SMILES string of the molecule is COCCCn1c(C2CCCN(C(=O)C[C@H](N)Cc3ccc4ccccc4c3)C2)nc2ccc(=O)[nH]c21. The van der Waals surface area contributed by atoms with Gasteiger partial charge in [0, 0.05) is 57.8 Å². The van der Waals surface area contributed by atoms with Crippen molar-refractivity contribution >= 4 is 27.8 Å². The molecule has 2 aromatic carbocycles. The molecule has 1 unspecified atom stereocenters. The molecule has 1 aliphatic heterocycles. The van der Waals surface area contributed by atoms with Crippen LogP contribution in [0.15, 0.2) is 59.4 Å². The summed E-state index contributed by atoms with van der Waals surface area (Å²) >= 11 is 0. The summed E-state index contributed by atoms with van der Waals surface area (Å²) in [6, 6.07) is 17.7. The molecule has 3 N–H and O–H groups in total. The molecule has 2 atom stereocenters. The van der Waals surface area contributed by atoms with Gasteiger partial charge in [-0.15, -0.1) is 0 Å². The highest BCUT2D eigenvalue weighted by atomic mass is 16.5. The van der Waals surface area contributed by atoms with E-state index in [4.69, 9.17) is 15.5 Å². The molecule has 3 heterocycles. The number of aryl methyl sites for hydroxylation is 1. The average molecular weight is 502 g/mol. The fraction of sp³-hybridized carbons (Fsp3) is 0.414. The van der Waals surface area contributed by atoms with Gasteiger partial charge in [-0.1, -0.05) is 42.5 Å². The first-order valence-electron chi connectivity index (χ1n) is 13.1. The quantitative estimate of drug-likeness (QED) is 0.341. The highest BCUT2D eigenvalue weighted by Gasteiger charge is 2.29. The van der Waals surface area contributed by atoms with Crippen LogP contribution in [0.25, 0.3) is 21.9 Å². The van der Waals surface area contributed by atoms with Crippen molar-refractivity contribution in [2.45, 2.75) is 50.6 Å². The van der Waals surface area contributed by atoms with E-state index in [-0.39, 0.29) is 23.4 Å². The fourth-order valence-corrected chi connectivity index (χ4v) is 5.46. The van der Waals surface area contributed by atoms with Crippen LogP contribution in [-0.2, 0) is 22.5 Å². The number of benzene rings is 2. The molecule has 0 aliphatic carbocycles. The number of aromatic amines is 1. The standard InChI is InChI=1S/C29H35N5O3/c1-37-15-5-14-34-28(31-25-11-12-26(35)32-29(25)34)23-8-4-13-33(19-23)27(36)18-24(30)17-20-9-10-21-6-2-3-7-22(21)16-20/h2-3,6-7,9-12,16,23-24H,4-5,8,13-15,17-19,30H2,1H3,(H,32,35)/t23?,24-/m1/s1. The van der Waals surface area contributed by atoms with Crippen LogP contribution in [0.4, 0.5) is 0 Å². The van der Waals surface area contributed by atoms with E-state index in [1.807, 2.05) is 17.0 Å². The second-order valence-corrected chi connectivity index (χ2v) is 10.1. The summed E-state index contributed by atoms with van der Waals surface area (Å²) in [5, 5.41) is 2.39. The predicted octanol–water partition coefficient (Wildman–Crippen LogP) is 3.58. The minimum absolute atomic E-state index is 0.0911. The molecule has 1 saturated heterocycles. The summed E-state index contributed by atoms with van der Waals surface area (Å²) in [5.41, 5.74) is 8.96. The van der Waals surface area contributed by atoms with E-state index in [0.717, 1.165) is 48.4 Å². The Labute approximate surface area is 216 Å². The number of H-pyrrole nitrogens is 1. The van der Waals surface area contributed by atoms with Crippen LogP contribution in [0.5, 0.6) is 0 Å². The zero-order valence-electron chi connectivity index (χ0n) is 21.4. The first kappa shape index (κ1) is 25.2. The summed E-state index contributed by atoms with van der Waals surface area (Å²) in [6.45, 7) is 2.67. The van der Waals surface area contributed by atoms with Gasteiger partial charge in [-0.25, -0.2) is 4.98 Å². The highest BCUT2D eigenvalue weighted by Crippen LogP contribution is 2.29. The van der Waals surface area contributed by atoms with Gasteiger partial charge in [0.2, 0.25) is 11.5 Å². The Hall–Kier alpha value is -3.49. The van der Waals surface area contributed by atoms with Gasteiger partial charge in [-0.2, -0.15) is 0 Å². The molecule has 5 rings (SSSR count). The van der Waals surface area contributed by atoms with Crippen molar-refractivity contribution in [3.8, 4) is 0 Å². The lowest BCUT2D eigenvalue weighted by Crippen LogP contribution is -2.42. The van der Waals surface area contributed by atoms with Gasteiger partial charge in [0.05, 0.1) is 0 Å². The number of aromatic nitrogens is 3. The molecular weight excluding hydrogens is 466 g/mol. The number of rotatable bonds is 9. The molecule has 1 fully saturated rings. The van der Waals surface area contributed by atoms with E-state index in [2.05, 4.69) is 39.9 Å². The maximum atomic E-state index is 13.3. The molecule has 2 aromatic heterocycles. The van der Waals surface area contributed by atoms with Gasteiger partial charge in [-0.3, -0.25) is 9.59 Å². The fourth-order valence-electron chi connectivity index (χ4n) is 5.46. The Morgan fingerprint density at radius 3 is 2.86 bits per heavy atom. The highest BCUT2D eigenvalue weighted by molar-refractivity contribution is 5.83. The van der Waals surface area contributed by atoms with Gasteiger partial charge in [0.15, 0.2) is 0 Å². The molecule has 194 valence electrons. The number of carbonyl (C=O) groups excluding carboxylic acids is 1. The van der Waals surface area contributed by atoms with Gasteiger partial charge in [0.1, 0.15) is 17.0 Å². The largest absolute Gasteiger partial charge is 0.385 e. The third kappa shape index (κ3) is 5.76. The summed E-state index contributed by atoms with van der Waals surface area (Å²) in [5.74, 6) is 1.12. The number of methoxy groups -OCH3 is 1. The van der Waals surface area contributed by atoms with Crippen LogP contribution in [0.1, 0.15) is 43.0 Å². The van der Waals surface area contributed by atoms with E-state index in [1.165, 1.54) is 16.8 Å². The minimum atomic E-state index is -0.238. The predicted molar refractivity (Wildman–Crippen MR) is 146 cm³/mol. The van der Waals surface area contributed by atoms with E-state index >= 15 is 0 Å². The number of hydrogen-bond acceptors (Lipinski definition) is 5. The first-order valence-corrected chi connectivity index (χ1v) is 13.1. The molecule has 8 heteroatoms. The number of imidazole rings is 1. The summed E-state index contributed by atoms with van der Waals surface area (Å²) in [4.78, 5) is 35.0. The summed E-state index contributed by atoms with van der Waals surface area (Å²) in [7, 11) is 1.68. The van der Waals surface area contributed by atoms with Gasteiger partial charge in [0.25, 0.3) is 0 Å². The number of nitrogens with zero attached hydrogens (tertiary/aromatic N) is 3. The summed E-state index contributed by atoms with van der Waals surface area (Å²) in [6.07, 6.45) is 3.65. The number of ether oxygens (including phenoxy) is 1. The van der Waals surface area contributed by atoms with Gasteiger partial charge >= 0.3 is 0 Å². The van der Waals surface area contributed by atoms with Crippen molar-refractivity contribution in [3.05, 3.63) is 76.3 Å². The van der Waals surface area contributed by atoms with E-state index in [0.29, 0.717) is 32.5 Å². The third-order valence-corrected chi connectivity index (χ3v) is 7.28. The van der Waals surface area contributed by atoms with Crippen LogP contribution < -0.4 is 11.3 Å². The first-order chi connectivity index (χ1) is 18.0. The van der Waals surface area contributed by atoms with Crippen LogP contribution in [-0.4, -0.2) is 58.2 Å². The maximum absolute atomic E-state index is 13.3. The van der Waals surface area contributed by atoms with Crippen LogP contribution in [0.3, 0.4) is 0 Å². The molecular formula is C29H35N5O3. The van der Waals surface area contributed by atoms with Crippen molar-refractivity contribution in [1.82, 2.24) is 19.4 Å². The molecule has 0 radical (unpaired) electrons. The summed E-state index contributed by atoms with van der Waals surface area (Å²) < 4.78 is 7.34. The van der Waals surface area contributed by atoms with Crippen LogP contribution in [0.2, 0.25) is 0 Å². The molecule has 0 bridgehead atoms. The monoisotopic (exact) mass is 501 g/mol. The molecule has 0 saturated carbocycles. The number of hydrogen-bond donors (Lipinski definition) is 2. The lowest BCUT2D eigenvalue weighted by molar-refractivity contribution is -0.132. The van der Waals surface area contributed by atoms with Gasteiger partial charge < -0.3 is 24.9 Å². The Balaban J connectivity index is 1.27. The lowest BCUT2D eigenvalue weighted by Gasteiger charge is -2.33. The lowest BCUT2D eigenvalue weighted by atomic mass is 9.95. The van der Waals surface area contributed by atoms with Crippen molar-refractivity contribution in [3.63, 3.8) is 0 Å². The van der Waals surface area contributed by atoms with Gasteiger partial charge in [-0.05, 0) is 48.1 Å². The Kier molecular flexibility index (Phi) is 7.67. The zero-order valence-corrected chi connectivity index (χ0v) is 21.4. The smallest absolute Gasteiger partial charge is 0.249 e. The Bertz CT molecular complexity index is 1440. The third-order valence-electron chi connectivity index (χ3n) is 7.28. The molecule has 37 heavy (non-hydrogen) atoms. The Morgan fingerprint density at radius 1 is 1.19 bits per heavy atom. The normalized spacial score (nSPS) is 16.9. The van der Waals surface area contributed by atoms with Crippen molar-refractivity contribution in [2.24, 2.45) is 5.73 Å². The van der Waals surface area contributed by atoms with Crippen molar-refractivity contribution in [2.75, 3.05) is 26.8 Å². The molecule has 1 aliphatic rings. The average Bonchev–Trinajstić information content (AvgIpc) is 3.26. The Morgan fingerprint density at radius 2 is 2.03 bits per heavy atom. The topological polar surface area (TPSA) is 106 Å². The number of amides is 1. The number of piperidine rings is 1. The van der Waals surface area contributed by atoms with Crippen LogP contribution >= 0.6 is 0 Å². The zero-order chi connectivity index (χ0) is 25.8. The molecule has 0 spiro atoms. The van der Waals surface area contributed by atoms with E-state index in [1.54, 1.807) is 13.2 Å². The molecule has 1 amide bonds. The molecule has 8 nitrogen and oxygen atoms in total.